The maximum absolute atomic E-state index is 10.1. The second-order valence-corrected chi connectivity index (χ2v) is 5.19. The van der Waals surface area contributed by atoms with Gasteiger partial charge in [0.2, 0.25) is 0 Å². The molecule has 0 aromatic heterocycles. The van der Waals surface area contributed by atoms with Crippen LogP contribution in [0, 0.1) is 5.41 Å². The van der Waals surface area contributed by atoms with Gasteiger partial charge in [0.25, 0.3) is 0 Å². The average molecular weight is 194 g/mol. The van der Waals surface area contributed by atoms with Crippen LogP contribution in [0.15, 0.2) is 23.3 Å². The van der Waals surface area contributed by atoms with Crippen LogP contribution in [0.2, 0.25) is 0 Å². The van der Waals surface area contributed by atoms with E-state index in [0.29, 0.717) is 0 Å². The first-order valence-electron chi connectivity index (χ1n) is 5.44. The Labute approximate surface area is 87.5 Å². The quantitative estimate of drug-likeness (QED) is 0.667. The van der Waals surface area contributed by atoms with Gasteiger partial charge in [-0.2, -0.15) is 0 Å². The lowest BCUT2D eigenvalue weighted by molar-refractivity contribution is 0.0653. The van der Waals surface area contributed by atoms with Gasteiger partial charge in [0.1, 0.15) is 0 Å². The predicted molar refractivity (Wildman–Crippen MR) is 61.2 cm³/mol. The van der Waals surface area contributed by atoms with Crippen LogP contribution in [0.4, 0.5) is 0 Å². The van der Waals surface area contributed by atoms with Crippen molar-refractivity contribution in [2.24, 2.45) is 5.41 Å². The molecule has 0 heterocycles. The van der Waals surface area contributed by atoms with Gasteiger partial charge in [-0.05, 0) is 44.1 Å². The highest BCUT2D eigenvalue weighted by Gasteiger charge is 2.32. The van der Waals surface area contributed by atoms with Crippen molar-refractivity contribution in [3.63, 3.8) is 0 Å². The predicted octanol–water partition coefficient (Wildman–Crippen LogP) is 3.45. The molecule has 1 unspecified atom stereocenters. The van der Waals surface area contributed by atoms with Gasteiger partial charge < -0.3 is 5.11 Å². The molecule has 0 fully saturated rings. The molecule has 1 rings (SSSR count). The van der Waals surface area contributed by atoms with E-state index in [2.05, 4.69) is 39.8 Å². The SMILES string of the molecule is CC(C)=CCC1=CCCC(C)(C)C1O. The fourth-order valence-corrected chi connectivity index (χ4v) is 1.90. The number of aliphatic hydroxyl groups excluding tert-OH is 1. The summed E-state index contributed by atoms with van der Waals surface area (Å²) in [6, 6.07) is 0. The van der Waals surface area contributed by atoms with Crippen molar-refractivity contribution >= 4 is 0 Å². The molecule has 1 atom stereocenters. The molecule has 0 saturated carbocycles. The average Bonchev–Trinajstić information content (AvgIpc) is 2.07. The largest absolute Gasteiger partial charge is 0.388 e. The lowest BCUT2D eigenvalue weighted by atomic mass is 9.74. The molecule has 80 valence electrons. The molecule has 0 radical (unpaired) electrons. The second kappa shape index (κ2) is 4.31. The van der Waals surface area contributed by atoms with Gasteiger partial charge in [-0.25, -0.2) is 0 Å². The van der Waals surface area contributed by atoms with Crippen molar-refractivity contribution in [3.05, 3.63) is 23.3 Å². The molecular formula is C13H22O. The van der Waals surface area contributed by atoms with Gasteiger partial charge >= 0.3 is 0 Å². The number of aliphatic hydroxyl groups is 1. The number of rotatable bonds is 2. The number of allylic oxidation sites excluding steroid dienone is 3. The maximum atomic E-state index is 10.1. The Morgan fingerprint density at radius 2 is 2.21 bits per heavy atom. The van der Waals surface area contributed by atoms with Crippen molar-refractivity contribution in [2.45, 2.75) is 53.1 Å². The van der Waals surface area contributed by atoms with E-state index in [1.807, 2.05) is 0 Å². The molecule has 0 spiro atoms. The molecule has 1 nitrogen and oxygen atoms in total. The van der Waals surface area contributed by atoms with Crippen molar-refractivity contribution in [1.29, 1.82) is 0 Å². The van der Waals surface area contributed by atoms with E-state index < -0.39 is 0 Å². The van der Waals surface area contributed by atoms with Crippen LogP contribution in [-0.2, 0) is 0 Å². The normalized spacial score (nSPS) is 25.5. The van der Waals surface area contributed by atoms with Crippen LogP contribution in [0.1, 0.15) is 47.0 Å². The minimum absolute atomic E-state index is 0.0551. The van der Waals surface area contributed by atoms with Gasteiger partial charge in [-0.15, -0.1) is 0 Å². The Balaban J connectivity index is 2.70. The molecule has 1 aliphatic carbocycles. The highest BCUT2D eigenvalue weighted by atomic mass is 16.3. The Kier molecular flexibility index (Phi) is 3.54. The zero-order valence-electron chi connectivity index (χ0n) is 9.80. The number of hydrogen-bond acceptors (Lipinski definition) is 1. The second-order valence-electron chi connectivity index (χ2n) is 5.19. The smallest absolute Gasteiger partial charge is 0.0804 e. The maximum Gasteiger partial charge on any atom is 0.0804 e. The van der Waals surface area contributed by atoms with Gasteiger partial charge in [-0.1, -0.05) is 31.6 Å². The zero-order chi connectivity index (χ0) is 10.8. The third-order valence-electron chi connectivity index (χ3n) is 3.03. The van der Waals surface area contributed by atoms with Crippen LogP contribution in [0.5, 0.6) is 0 Å². The summed E-state index contributed by atoms with van der Waals surface area (Å²) in [6.45, 7) is 8.49. The minimum Gasteiger partial charge on any atom is -0.388 e. The molecule has 0 aliphatic heterocycles. The number of hydrogen-bond donors (Lipinski definition) is 1. The van der Waals surface area contributed by atoms with E-state index in [1.165, 1.54) is 11.1 Å². The van der Waals surface area contributed by atoms with Crippen molar-refractivity contribution < 1.29 is 5.11 Å². The van der Waals surface area contributed by atoms with E-state index in [9.17, 15) is 5.11 Å². The van der Waals surface area contributed by atoms with Gasteiger partial charge in [0.15, 0.2) is 0 Å². The monoisotopic (exact) mass is 194 g/mol. The molecule has 1 aliphatic rings. The first-order chi connectivity index (χ1) is 6.43. The summed E-state index contributed by atoms with van der Waals surface area (Å²) < 4.78 is 0. The van der Waals surface area contributed by atoms with E-state index in [4.69, 9.17) is 0 Å². The Morgan fingerprint density at radius 1 is 1.57 bits per heavy atom. The summed E-state index contributed by atoms with van der Waals surface area (Å²) in [5.41, 5.74) is 2.57. The highest BCUT2D eigenvalue weighted by Crippen LogP contribution is 2.36. The molecule has 0 aromatic carbocycles. The van der Waals surface area contributed by atoms with Crippen LogP contribution in [-0.4, -0.2) is 11.2 Å². The van der Waals surface area contributed by atoms with E-state index in [-0.39, 0.29) is 11.5 Å². The molecule has 0 aromatic rings. The van der Waals surface area contributed by atoms with Crippen molar-refractivity contribution in [2.75, 3.05) is 0 Å². The van der Waals surface area contributed by atoms with Gasteiger partial charge in [-0.3, -0.25) is 0 Å². The van der Waals surface area contributed by atoms with E-state index >= 15 is 0 Å². The van der Waals surface area contributed by atoms with Crippen molar-refractivity contribution in [1.82, 2.24) is 0 Å². The summed E-state index contributed by atoms with van der Waals surface area (Å²) in [4.78, 5) is 0. The standard InChI is InChI=1S/C13H22O/c1-10(2)7-8-11-6-5-9-13(3,4)12(11)14/h6-7,12,14H,5,8-9H2,1-4H3. The third-order valence-corrected chi connectivity index (χ3v) is 3.03. The van der Waals surface area contributed by atoms with Crippen LogP contribution in [0.3, 0.4) is 0 Å². The summed E-state index contributed by atoms with van der Waals surface area (Å²) in [7, 11) is 0. The Bertz CT molecular complexity index is 254. The lowest BCUT2D eigenvalue weighted by Crippen LogP contribution is -2.33. The molecule has 0 saturated heterocycles. The first-order valence-corrected chi connectivity index (χ1v) is 5.44. The third kappa shape index (κ3) is 2.71. The first kappa shape index (κ1) is 11.5. The topological polar surface area (TPSA) is 20.2 Å². The highest BCUT2D eigenvalue weighted by molar-refractivity contribution is 5.19. The lowest BCUT2D eigenvalue weighted by Gasteiger charge is -2.35. The molecule has 0 amide bonds. The Hall–Kier alpha value is -0.560. The van der Waals surface area contributed by atoms with Crippen molar-refractivity contribution in [3.8, 4) is 0 Å². The van der Waals surface area contributed by atoms with E-state index in [1.54, 1.807) is 0 Å². The molecule has 1 heteroatoms. The summed E-state index contributed by atoms with van der Waals surface area (Å²) >= 11 is 0. The van der Waals surface area contributed by atoms with Gasteiger partial charge in [0.05, 0.1) is 6.10 Å². The fourth-order valence-electron chi connectivity index (χ4n) is 1.90. The van der Waals surface area contributed by atoms with Crippen LogP contribution < -0.4 is 0 Å². The summed E-state index contributed by atoms with van der Waals surface area (Å²) in [6.07, 6.45) is 7.24. The van der Waals surface area contributed by atoms with Crippen LogP contribution in [0.25, 0.3) is 0 Å². The Morgan fingerprint density at radius 3 is 2.79 bits per heavy atom. The van der Waals surface area contributed by atoms with E-state index in [0.717, 1.165) is 19.3 Å². The molecular weight excluding hydrogens is 172 g/mol. The fraction of sp³-hybridized carbons (Fsp3) is 0.692. The summed E-state index contributed by atoms with van der Waals surface area (Å²) in [5, 5.41) is 10.1. The zero-order valence-corrected chi connectivity index (χ0v) is 9.80. The molecule has 14 heavy (non-hydrogen) atoms. The molecule has 1 N–H and O–H groups in total. The minimum atomic E-state index is -0.258. The van der Waals surface area contributed by atoms with Crippen LogP contribution >= 0.6 is 0 Å². The van der Waals surface area contributed by atoms with Gasteiger partial charge in [0, 0.05) is 0 Å². The molecule has 0 bridgehead atoms. The summed E-state index contributed by atoms with van der Waals surface area (Å²) in [5.74, 6) is 0.